The summed E-state index contributed by atoms with van der Waals surface area (Å²) in [6.45, 7) is 2.87. The second-order valence-electron chi connectivity index (χ2n) is 4.15. The highest BCUT2D eigenvalue weighted by molar-refractivity contribution is 5.24. The zero-order valence-electron chi connectivity index (χ0n) is 9.57. The van der Waals surface area contributed by atoms with Gasteiger partial charge in [-0.25, -0.2) is 5.43 Å². The minimum Gasteiger partial charge on any atom is -0.496 e. The minimum absolute atomic E-state index is 0.0882. The van der Waals surface area contributed by atoms with E-state index in [4.69, 9.17) is 10.6 Å². The lowest BCUT2D eigenvalue weighted by Crippen LogP contribution is -2.38. The fourth-order valence-corrected chi connectivity index (χ4v) is 1.88. The van der Waals surface area contributed by atoms with E-state index in [2.05, 4.69) is 42.7 Å². The number of benzene rings is 1. The molecule has 0 radical (unpaired) electrons. The molecule has 1 heterocycles. The van der Waals surface area contributed by atoms with Crippen LogP contribution >= 0.6 is 0 Å². The smallest absolute Gasteiger partial charge is 0.111 e. The quantitative estimate of drug-likeness (QED) is 0.597. The summed E-state index contributed by atoms with van der Waals surface area (Å²) >= 11 is 0. The molecule has 0 aliphatic carbocycles. The van der Waals surface area contributed by atoms with Gasteiger partial charge in [0.25, 0.3) is 0 Å². The average Bonchev–Trinajstić information content (AvgIpc) is 2.82. The topological polar surface area (TPSA) is 47.3 Å². The van der Waals surface area contributed by atoms with Crippen molar-refractivity contribution in [3.63, 3.8) is 0 Å². The Kier molecular flexibility index (Phi) is 3.59. The molecular formula is C13H18N2O. The van der Waals surface area contributed by atoms with Gasteiger partial charge >= 0.3 is 0 Å². The highest BCUT2D eigenvalue weighted by Gasteiger charge is 2.17. The van der Waals surface area contributed by atoms with Gasteiger partial charge in [-0.2, -0.15) is 0 Å². The lowest BCUT2D eigenvalue weighted by atomic mass is 10.0. The van der Waals surface area contributed by atoms with E-state index in [1.54, 1.807) is 0 Å². The number of nitrogens with two attached hydrogens (primary N) is 1. The van der Waals surface area contributed by atoms with Crippen LogP contribution in [0.3, 0.4) is 0 Å². The summed E-state index contributed by atoms with van der Waals surface area (Å²) in [5.41, 5.74) is 5.36. The van der Waals surface area contributed by atoms with Crippen molar-refractivity contribution in [2.45, 2.75) is 25.8 Å². The molecule has 0 saturated heterocycles. The molecule has 86 valence electrons. The summed E-state index contributed by atoms with van der Waals surface area (Å²) in [5, 5.41) is 0. The average molecular weight is 218 g/mol. The summed E-state index contributed by atoms with van der Waals surface area (Å²) < 4.78 is 5.52. The van der Waals surface area contributed by atoms with Crippen LogP contribution in [0.15, 0.2) is 36.1 Å². The molecule has 1 aliphatic rings. The Bertz CT molecular complexity index is 370. The number of hydrazine groups is 1. The third kappa shape index (κ3) is 2.62. The summed E-state index contributed by atoms with van der Waals surface area (Å²) in [6.07, 6.45) is 3.96. The van der Waals surface area contributed by atoms with E-state index in [0.29, 0.717) is 0 Å². The van der Waals surface area contributed by atoms with E-state index in [0.717, 1.165) is 25.2 Å². The Morgan fingerprint density at radius 3 is 2.69 bits per heavy atom. The van der Waals surface area contributed by atoms with Crippen LogP contribution in [-0.4, -0.2) is 12.6 Å². The third-order valence-corrected chi connectivity index (χ3v) is 2.84. The summed E-state index contributed by atoms with van der Waals surface area (Å²) in [7, 11) is 0. The Hall–Kier alpha value is -1.32. The Morgan fingerprint density at radius 2 is 2.12 bits per heavy atom. The molecule has 1 aliphatic heterocycles. The summed E-state index contributed by atoms with van der Waals surface area (Å²) in [5.74, 6) is 6.53. The molecule has 3 nitrogen and oxygen atoms in total. The first-order chi connectivity index (χ1) is 7.79. The van der Waals surface area contributed by atoms with Crippen LogP contribution in [0.25, 0.3) is 0 Å². The molecule has 1 unspecified atom stereocenters. The lowest BCUT2D eigenvalue weighted by molar-refractivity contribution is 0.214. The molecule has 16 heavy (non-hydrogen) atoms. The molecule has 1 atom stereocenters. The van der Waals surface area contributed by atoms with E-state index in [-0.39, 0.29) is 6.04 Å². The van der Waals surface area contributed by atoms with Crippen LogP contribution < -0.4 is 11.3 Å². The van der Waals surface area contributed by atoms with E-state index in [9.17, 15) is 0 Å². The predicted molar refractivity (Wildman–Crippen MR) is 64.6 cm³/mol. The molecule has 0 fully saturated rings. The number of ether oxygens (including phenoxy) is 1. The van der Waals surface area contributed by atoms with E-state index in [1.165, 1.54) is 11.1 Å². The molecule has 1 aromatic rings. The molecule has 0 bridgehead atoms. The maximum atomic E-state index is 5.56. The highest BCUT2D eigenvalue weighted by Crippen LogP contribution is 2.17. The maximum absolute atomic E-state index is 5.56. The van der Waals surface area contributed by atoms with Gasteiger partial charge in [-0.3, -0.25) is 5.84 Å². The molecule has 1 aromatic carbocycles. The first-order valence-electron chi connectivity index (χ1n) is 5.64. The van der Waals surface area contributed by atoms with E-state index in [1.807, 2.05) is 0 Å². The van der Waals surface area contributed by atoms with Crippen LogP contribution in [0.5, 0.6) is 0 Å². The van der Waals surface area contributed by atoms with Gasteiger partial charge in [0, 0.05) is 6.42 Å². The van der Waals surface area contributed by atoms with Crippen LogP contribution in [0.4, 0.5) is 0 Å². The van der Waals surface area contributed by atoms with Crippen LogP contribution in [0.1, 0.15) is 17.5 Å². The van der Waals surface area contributed by atoms with Gasteiger partial charge in [-0.15, -0.1) is 0 Å². The number of rotatable bonds is 4. The van der Waals surface area contributed by atoms with E-state index < -0.39 is 0 Å². The predicted octanol–water partition coefficient (Wildman–Crippen LogP) is 1.67. The standard InChI is InChI=1S/C13H18N2O/c1-10-4-6-11(7-5-10)9-12(15-14)13-3-2-8-16-13/h3-7,12,15H,2,8-9,14H2,1H3. The molecule has 3 N–H and O–H groups in total. The number of hydrogen-bond acceptors (Lipinski definition) is 3. The van der Waals surface area contributed by atoms with Gasteiger partial charge in [0.15, 0.2) is 0 Å². The zero-order valence-corrected chi connectivity index (χ0v) is 9.57. The fourth-order valence-electron chi connectivity index (χ4n) is 1.88. The van der Waals surface area contributed by atoms with Crippen molar-refractivity contribution in [2.24, 2.45) is 5.84 Å². The molecule has 0 spiro atoms. The van der Waals surface area contributed by atoms with Crippen molar-refractivity contribution < 1.29 is 4.74 Å². The maximum Gasteiger partial charge on any atom is 0.111 e. The van der Waals surface area contributed by atoms with Crippen LogP contribution in [-0.2, 0) is 11.2 Å². The van der Waals surface area contributed by atoms with Gasteiger partial charge in [0.1, 0.15) is 5.76 Å². The van der Waals surface area contributed by atoms with Crippen molar-refractivity contribution in [1.29, 1.82) is 0 Å². The summed E-state index contributed by atoms with van der Waals surface area (Å²) in [4.78, 5) is 0. The minimum atomic E-state index is 0.0882. The van der Waals surface area contributed by atoms with Gasteiger partial charge in [-0.1, -0.05) is 29.8 Å². The monoisotopic (exact) mass is 218 g/mol. The first kappa shape index (κ1) is 11.2. The Balaban J connectivity index is 2.03. The van der Waals surface area contributed by atoms with Crippen molar-refractivity contribution in [1.82, 2.24) is 5.43 Å². The molecule has 3 heteroatoms. The normalized spacial score (nSPS) is 16.8. The van der Waals surface area contributed by atoms with Crippen molar-refractivity contribution in [2.75, 3.05) is 6.61 Å². The second-order valence-corrected chi connectivity index (χ2v) is 4.15. The van der Waals surface area contributed by atoms with Gasteiger partial charge in [0.2, 0.25) is 0 Å². The van der Waals surface area contributed by atoms with Crippen molar-refractivity contribution >= 4 is 0 Å². The number of nitrogens with one attached hydrogen (secondary N) is 1. The molecular weight excluding hydrogens is 200 g/mol. The van der Waals surface area contributed by atoms with Gasteiger partial charge in [0.05, 0.1) is 12.6 Å². The van der Waals surface area contributed by atoms with Crippen LogP contribution in [0, 0.1) is 6.92 Å². The van der Waals surface area contributed by atoms with Gasteiger partial charge < -0.3 is 4.74 Å². The molecule has 0 saturated carbocycles. The second kappa shape index (κ2) is 5.14. The Morgan fingerprint density at radius 1 is 1.38 bits per heavy atom. The van der Waals surface area contributed by atoms with Gasteiger partial charge in [-0.05, 0) is 25.0 Å². The largest absolute Gasteiger partial charge is 0.496 e. The Labute approximate surface area is 96.3 Å². The third-order valence-electron chi connectivity index (χ3n) is 2.84. The molecule has 2 rings (SSSR count). The van der Waals surface area contributed by atoms with E-state index >= 15 is 0 Å². The molecule has 0 aromatic heterocycles. The molecule has 0 amide bonds. The first-order valence-corrected chi connectivity index (χ1v) is 5.64. The SMILES string of the molecule is Cc1ccc(CC(NN)C2=CCCO2)cc1. The zero-order chi connectivity index (χ0) is 11.4. The highest BCUT2D eigenvalue weighted by atomic mass is 16.5. The fraction of sp³-hybridized carbons (Fsp3) is 0.385. The number of hydrogen-bond donors (Lipinski definition) is 2. The van der Waals surface area contributed by atoms with Crippen molar-refractivity contribution in [3.05, 3.63) is 47.2 Å². The lowest BCUT2D eigenvalue weighted by Gasteiger charge is -2.17. The summed E-state index contributed by atoms with van der Waals surface area (Å²) in [6, 6.07) is 8.59. The van der Waals surface area contributed by atoms with Crippen LogP contribution in [0.2, 0.25) is 0 Å². The van der Waals surface area contributed by atoms with Crippen molar-refractivity contribution in [3.8, 4) is 0 Å². The number of aryl methyl sites for hydroxylation is 1.